The molecule has 0 aliphatic rings. The van der Waals surface area contributed by atoms with Crippen molar-refractivity contribution >= 4 is 29.5 Å². The number of ether oxygens (including phenoxy) is 1. The van der Waals surface area contributed by atoms with Gasteiger partial charge in [-0.3, -0.25) is 30.6 Å². The molecule has 0 bridgehead atoms. The van der Waals surface area contributed by atoms with Crippen molar-refractivity contribution in [2.45, 2.75) is 0 Å². The van der Waals surface area contributed by atoms with Gasteiger partial charge in [0, 0.05) is 29.3 Å². The summed E-state index contributed by atoms with van der Waals surface area (Å²) in [5, 5.41) is 10.7. The van der Waals surface area contributed by atoms with Crippen LogP contribution in [0.2, 0.25) is 0 Å². The van der Waals surface area contributed by atoms with Gasteiger partial charge in [0.05, 0.1) is 4.92 Å². The third-order valence-electron chi connectivity index (χ3n) is 3.28. The average Bonchev–Trinajstić information content (AvgIpc) is 2.69. The van der Waals surface area contributed by atoms with Crippen molar-refractivity contribution in [2.75, 3.05) is 6.61 Å². The zero-order valence-corrected chi connectivity index (χ0v) is 14.3. The maximum absolute atomic E-state index is 13.4. The largest absolute Gasteiger partial charge is 0.452 e. The lowest BCUT2D eigenvalue weighted by molar-refractivity contribution is -0.384. The van der Waals surface area contributed by atoms with E-state index in [1.54, 1.807) is 6.07 Å². The van der Waals surface area contributed by atoms with E-state index in [4.69, 9.17) is 0 Å². The molecule has 0 fully saturated rings. The number of nitro benzene ring substituents is 1. The van der Waals surface area contributed by atoms with Crippen molar-refractivity contribution in [2.24, 2.45) is 0 Å². The Balaban J connectivity index is 1.78. The van der Waals surface area contributed by atoms with Gasteiger partial charge in [0.1, 0.15) is 5.82 Å². The molecule has 0 radical (unpaired) electrons. The molecule has 0 saturated carbocycles. The molecule has 0 aliphatic heterocycles. The molecule has 0 spiro atoms. The molecule has 2 amide bonds. The van der Waals surface area contributed by atoms with E-state index in [9.17, 15) is 28.9 Å². The molecular weight excluding hydrogens is 373 g/mol. The number of hydrogen-bond acceptors (Lipinski definition) is 6. The van der Waals surface area contributed by atoms with E-state index in [2.05, 4.69) is 4.74 Å². The van der Waals surface area contributed by atoms with E-state index in [1.807, 2.05) is 10.9 Å². The number of rotatable bonds is 6. The molecule has 0 aliphatic carbocycles. The first-order chi connectivity index (χ1) is 13.4. The molecule has 0 atom stereocenters. The number of hydrazine groups is 1. The molecule has 2 aromatic rings. The Morgan fingerprint density at radius 3 is 2.57 bits per heavy atom. The number of amides is 2. The number of non-ortho nitro benzene ring substituents is 1. The van der Waals surface area contributed by atoms with Crippen molar-refractivity contribution in [1.82, 2.24) is 10.9 Å². The fraction of sp³-hybridized carbons (Fsp3) is 0.0556. The van der Waals surface area contributed by atoms with E-state index >= 15 is 0 Å². The van der Waals surface area contributed by atoms with Crippen molar-refractivity contribution in [3.05, 3.63) is 81.7 Å². The molecule has 0 aromatic heterocycles. The van der Waals surface area contributed by atoms with Crippen molar-refractivity contribution < 1.29 is 28.4 Å². The summed E-state index contributed by atoms with van der Waals surface area (Å²) in [5.74, 6) is -3.04. The third-order valence-corrected chi connectivity index (χ3v) is 3.28. The molecule has 0 heterocycles. The molecule has 2 N–H and O–H groups in total. The minimum absolute atomic E-state index is 0.0423. The van der Waals surface area contributed by atoms with Crippen LogP contribution < -0.4 is 10.9 Å². The van der Waals surface area contributed by atoms with Crippen LogP contribution >= 0.6 is 0 Å². The number of halogens is 1. The van der Waals surface area contributed by atoms with Gasteiger partial charge in [-0.15, -0.1) is 0 Å². The fourth-order valence-corrected chi connectivity index (χ4v) is 1.95. The van der Waals surface area contributed by atoms with Gasteiger partial charge in [0.2, 0.25) is 0 Å². The summed E-state index contributed by atoms with van der Waals surface area (Å²) in [4.78, 5) is 45.0. The number of nitro groups is 1. The van der Waals surface area contributed by atoms with Crippen LogP contribution in [0.4, 0.5) is 10.1 Å². The zero-order valence-electron chi connectivity index (χ0n) is 14.3. The Morgan fingerprint density at radius 1 is 1.11 bits per heavy atom. The summed E-state index contributed by atoms with van der Waals surface area (Å²) in [5.41, 5.74) is 3.88. The summed E-state index contributed by atoms with van der Waals surface area (Å²) in [6.45, 7) is -0.699. The van der Waals surface area contributed by atoms with Gasteiger partial charge in [0.15, 0.2) is 6.61 Å². The molecule has 2 rings (SSSR count). The zero-order chi connectivity index (χ0) is 20.5. The molecule has 144 valence electrons. The van der Waals surface area contributed by atoms with E-state index in [-0.39, 0.29) is 16.8 Å². The minimum Gasteiger partial charge on any atom is -0.452 e. The second kappa shape index (κ2) is 9.57. The number of carbonyl (C=O) groups excluding carboxylic acids is 3. The highest BCUT2D eigenvalue weighted by atomic mass is 19.1. The Morgan fingerprint density at radius 2 is 1.86 bits per heavy atom. The van der Waals surface area contributed by atoms with Crippen LogP contribution in [0, 0.1) is 15.9 Å². The molecule has 28 heavy (non-hydrogen) atoms. The summed E-state index contributed by atoms with van der Waals surface area (Å²) in [6, 6.07) is 10.7. The molecule has 9 nitrogen and oxygen atoms in total. The van der Waals surface area contributed by atoms with E-state index in [0.29, 0.717) is 0 Å². The molecule has 2 aromatic carbocycles. The van der Waals surface area contributed by atoms with Gasteiger partial charge in [-0.2, -0.15) is 0 Å². The minimum atomic E-state index is -0.886. The number of benzene rings is 2. The lowest BCUT2D eigenvalue weighted by atomic mass is 10.2. The number of nitrogens with zero attached hydrogens (tertiary/aromatic N) is 1. The van der Waals surface area contributed by atoms with Crippen molar-refractivity contribution in [3.63, 3.8) is 0 Å². The van der Waals surface area contributed by atoms with Crippen LogP contribution in [0.3, 0.4) is 0 Å². The number of esters is 1. The lowest BCUT2D eigenvalue weighted by Crippen LogP contribution is -2.43. The average molecular weight is 387 g/mol. The first-order valence-corrected chi connectivity index (χ1v) is 7.80. The van der Waals surface area contributed by atoms with Gasteiger partial charge in [-0.1, -0.05) is 24.3 Å². The topological polar surface area (TPSA) is 128 Å². The van der Waals surface area contributed by atoms with Crippen LogP contribution in [0.15, 0.2) is 54.6 Å². The Labute approximate surface area is 157 Å². The van der Waals surface area contributed by atoms with Crippen LogP contribution in [0.1, 0.15) is 15.9 Å². The van der Waals surface area contributed by atoms with Gasteiger partial charge >= 0.3 is 5.97 Å². The molecule has 0 saturated heterocycles. The summed E-state index contributed by atoms with van der Waals surface area (Å²) in [6.07, 6.45) is 2.15. The SMILES string of the molecule is O=C(COC(=O)/C=C/c1ccccc1F)NNC(=O)c1cccc([N+](=O)[O-])c1. The smallest absolute Gasteiger partial charge is 0.331 e. The summed E-state index contributed by atoms with van der Waals surface area (Å²) >= 11 is 0. The second-order valence-corrected chi connectivity index (χ2v) is 5.27. The quantitative estimate of drug-likeness (QED) is 0.336. The highest BCUT2D eigenvalue weighted by Crippen LogP contribution is 2.12. The third kappa shape index (κ3) is 6.02. The Bertz CT molecular complexity index is 944. The summed E-state index contributed by atoms with van der Waals surface area (Å²) < 4.78 is 18.0. The molecular formula is C18H14FN3O6. The molecule has 0 unspecified atom stereocenters. The maximum atomic E-state index is 13.4. The predicted molar refractivity (Wildman–Crippen MR) is 95.1 cm³/mol. The first-order valence-electron chi connectivity index (χ1n) is 7.80. The number of hydrogen-bond donors (Lipinski definition) is 2. The highest BCUT2D eigenvalue weighted by Gasteiger charge is 2.12. The van der Waals surface area contributed by atoms with Crippen LogP contribution in [-0.4, -0.2) is 29.3 Å². The Hall–Kier alpha value is -4.08. The number of carbonyl (C=O) groups is 3. The second-order valence-electron chi connectivity index (χ2n) is 5.27. The standard InChI is InChI=1S/C18H14FN3O6/c19-15-7-2-1-4-12(15)8-9-17(24)28-11-16(23)20-21-18(25)13-5-3-6-14(10-13)22(26)27/h1-10H,11H2,(H,20,23)(H,21,25)/b9-8+. The lowest BCUT2D eigenvalue weighted by Gasteiger charge is -2.07. The first kappa shape index (κ1) is 20.2. The van der Waals surface area contributed by atoms with Gasteiger partial charge < -0.3 is 4.74 Å². The summed E-state index contributed by atoms with van der Waals surface area (Å²) in [7, 11) is 0. The highest BCUT2D eigenvalue weighted by molar-refractivity contribution is 5.96. The van der Waals surface area contributed by atoms with E-state index in [0.717, 1.165) is 12.1 Å². The van der Waals surface area contributed by atoms with Gasteiger partial charge in [-0.25, -0.2) is 9.18 Å². The monoisotopic (exact) mass is 387 g/mol. The van der Waals surface area contributed by atoms with Crippen LogP contribution in [-0.2, 0) is 14.3 Å². The predicted octanol–water partition coefficient (Wildman–Crippen LogP) is 1.75. The normalized spacial score (nSPS) is 10.3. The van der Waals surface area contributed by atoms with Crippen LogP contribution in [0.5, 0.6) is 0 Å². The van der Waals surface area contributed by atoms with E-state index in [1.165, 1.54) is 42.5 Å². The van der Waals surface area contributed by atoms with Gasteiger partial charge in [-0.05, 0) is 18.2 Å². The van der Waals surface area contributed by atoms with Crippen molar-refractivity contribution in [3.8, 4) is 0 Å². The number of nitrogens with one attached hydrogen (secondary N) is 2. The van der Waals surface area contributed by atoms with E-state index < -0.39 is 35.1 Å². The Kier molecular flexibility index (Phi) is 6.92. The van der Waals surface area contributed by atoms with Crippen LogP contribution in [0.25, 0.3) is 6.08 Å². The van der Waals surface area contributed by atoms with Gasteiger partial charge in [0.25, 0.3) is 17.5 Å². The maximum Gasteiger partial charge on any atom is 0.331 e. The molecule has 10 heteroatoms. The van der Waals surface area contributed by atoms with Crippen molar-refractivity contribution in [1.29, 1.82) is 0 Å². The fourth-order valence-electron chi connectivity index (χ4n) is 1.95.